The molecule has 1 atom stereocenters. The molecule has 0 unspecified atom stereocenters. The first kappa shape index (κ1) is 30.2. The summed E-state index contributed by atoms with van der Waals surface area (Å²) < 4.78 is 7.23. The molecule has 0 saturated heterocycles. The molecule has 8 nitrogen and oxygen atoms in total. The van der Waals surface area contributed by atoms with E-state index >= 15 is 0 Å². The van der Waals surface area contributed by atoms with Gasteiger partial charge in [0.25, 0.3) is 5.56 Å². The molecular formula is C36H35ClN6O2. The van der Waals surface area contributed by atoms with Crippen LogP contribution in [-0.4, -0.2) is 37.2 Å². The van der Waals surface area contributed by atoms with Gasteiger partial charge in [-0.3, -0.25) is 9.69 Å². The topological polar surface area (TPSA) is 88.9 Å². The highest BCUT2D eigenvalue weighted by Crippen LogP contribution is 2.32. The van der Waals surface area contributed by atoms with Crippen molar-refractivity contribution in [2.75, 3.05) is 7.11 Å². The first-order chi connectivity index (χ1) is 21.9. The van der Waals surface area contributed by atoms with Gasteiger partial charge in [0.15, 0.2) is 5.82 Å². The van der Waals surface area contributed by atoms with Crippen LogP contribution >= 0.6 is 11.6 Å². The number of pyridine rings is 1. The maximum absolute atomic E-state index is 14.0. The van der Waals surface area contributed by atoms with E-state index < -0.39 is 6.04 Å². The number of aromatic amines is 1. The van der Waals surface area contributed by atoms with Gasteiger partial charge in [-0.2, -0.15) is 0 Å². The average molecular weight is 619 g/mol. The van der Waals surface area contributed by atoms with E-state index in [9.17, 15) is 4.79 Å². The summed E-state index contributed by atoms with van der Waals surface area (Å²) in [6.45, 7) is 5.59. The summed E-state index contributed by atoms with van der Waals surface area (Å²) in [6.07, 6.45) is 0.737. The number of ether oxygens (including phenoxy) is 1. The molecule has 4 aromatic carbocycles. The Balaban J connectivity index is 1.51. The number of H-pyrrole nitrogens is 1. The normalized spacial score (nSPS) is 12.1. The van der Waals surface area contributed by atoms with Crippen molar-refractivity contribution in [3.8, 4) is 5.75 Å². The lowest BCUT2D eigenvalue weighted by molar-refractivity contribution is 0.193. The van der Waals surface area contributed by atoms with Crippen molar-refractivity contribution in [2.45, 2.75) is 45.9 Å². The fraction of sp³-hybridized carbons (Fsp3) is 0.222. The van der Waals surface area contributed by atoms with Gasteiger partial charge in [-0.1, -0.05) is 78.3 Å². The fourth-order valence-electron chi connectivity index (χ4n) is 5.89. The standard InChI is InChI=1S/C36H35ClN6O2/c1-24-19-25(2)30-21-31(36(44)38-33(30)20-24)34(35-39-40-41-43(35)18-17-26-9-5-4-6-10-26)42(23-28-11-7-8-12-32(28)37)22-27-13-15-29(45-3)16-14-27/h4-16,19-21,34H,17-18,22-23H2,1-3H3,(H,38,44)/t34-/m1/s1. The van der Waals surface area contributed by atoms with Crippen LogP contribution in [0.25, 0.3) is 10.9 Å². The monoisotopic (exact) mass is 618 g/mol. The van der Waals surface area contributed by atoms with Crippen molar-refractivity contribution in [3.05, 3.63) is 152 Å². The number of halogens is 1. The maximum Gasteiger partial charge on any atom is 0.253 e. The molecular weight excluding hydrogens is 584 g/mol. The Bertz CT molecular complexity index is 1970. The maximum atomic E-state index is 14.0. The first-order valence-corrected chi connectivity index (χ1v) is 15.3. The number of tetrazole rings is 1. The van der Waals surface area contributed by atoms with Gasteiger partial charge in [0.2, 0.25) is 0 Å². The van der Waals surface area contributed by atoms with Crippen LogP contribution in [0.1, 0.15) is 45.2 Å². The molecule has 0 amide bonds. The van der Waals surface area contributed by atoms with Gasteiger partial charge in [-0.25, -0.2) is 4.68 Å². The van der Waals surface area contributed by atoms with Crippen molar-refractivity contribution >= 4 is 22.5 Å². The summed E-state index contributed by atoms with van der Waals surface area (Å²) in [7, 11) is 1.65. The number of methoxy groups -OCH3 is 1. The Morgan fingerprint density at radius 3 is 2.42 bits per heavy atom. The molecule has 0 radical (unpaired) electrons. The van der Waals surface area contributed by atoms with Gasteiger partial charge in [0.05, 0.1) is 7.11 Å². The van der Waals surface area contributed by atoms with Crippen molar-refractivity contribution in [2.24, 2.45) is 0 Å². The average Bonchev–Trinajstić information content (AvgIpc) is 3.50. The van der Waals surface area contributed by atoms with Crippen LogP contribution in [0.4, 0.5) is 0 Å². The van der Waals surface area contributed by atoms with E-state index in [1.165, 1.54) is 5.56 Å². The van der Waals surface area contributed by atoms with E-state index in [-0.39, 0.29) is 5.56 Å². The molecule has 0 saturated carbocycles. The van der Waals surface area contributed by atoms with E-state index in [0.29, 0.717) is 36.0 Å². The molecule has 6 rings (SSSR count). The molecule has 2 aromatic heterocycles. The van der Waals surface area contributed by atoms with Gasteiger partial charge >= 0.3 is 0 Å². The molecule has 0 fully saturated rings. The number of nitrogens with one attached hydrogen (secondary N) is 1. The Hall–Kier alpha value is -4.79. The third kappa shape index (κ3) is 6.82. The van der Waals surface area contributed by atoms with E-state index in [2.05, 4.69) is 50.5 Å². The molecule has 228 valence electrons. The van der Waals surface area contributed by atoms with Crippen molar-refractivity contribution in [3.63, 3.8) is 0 Å². The second-order valence-corrected chi connectivity index (χ2v) is 11.7. The van der Waals surface area contributed by atoms with Gasteiger partial charge in [-0.05, 0) is 88.8 Å². The number of aromatic nitrogens is 5. The van der Waals surface area contributed by atoms with Gasteiger partial charge in [-0.15, -0.1) is 5.10 Å². The van der Waals surface area contributed by atoms with Crippen LogP contribution in [0.2, 0.25) is 5.02 Å². The van der Waals surface area contributed by atoms with Crippen LogP contribution in [0.5, 0.6) is 5.75 Å². The van der Waals surface area contributed by atoms with Crippen molar-refractivity contribution in [1.82, 2.24) is 30.1 Å². The van der Waals surface area contributed by atoms with Crippen LogP contribution in [0.15, 0.2) is 102 Å². The summed E-state index contributed by atoms with van der Waals surface area (Å²) in [4.78, 5) is 19.4. The van der Waals surface area contributed by atoms with Crippen LogP contribution in [0, 0.1) is 13.8 Å². The second-order valence-electron chi connectivity index (χ2n) is 11.3. The van der Waals surface area contributed by atoms with Crippen LogP contribution in [0.3, 0.4) is 0 Å². The number of rotatable bonds is 11. The minimum atomic E-state index is -0.594. The molecule has 45 heavy (non-hydrogen) atoms. The molecule has 0 aliphatic rings. The molecule has 0 aliphatic carbocycles. The Kier molecular flexibility index (Phi) is 9.05. The van der Waals surface area contributed by atoms with Gasteiger partial charge in [0.1, 0.15) is 11.8 Å². The third-order valence-electron chi connectivity index (χ3n) is 8.14. The lowest BCUT2D eigenvalue weighted by atomic mass is 9.99. The highest BCUT2D eigenvalue weighted by Gasteiger charge is 2.31. The summed E-state index contributed by atoms with van der Waals surface area (Å²) in [6, 6.07) is 31.5. The number of hydrogen-bond donors (Lipinski definition) is 1. The van der Waals surface area contributed by atoms with Crippen LogP contribution in [-0.2, 0) is 26.1 Å². The number of benzene rings is 4. The zero-order valence-corrected chi connectivity index (χ0v) is 26.3. The third-order valence-corrected chi connectivity index (χ3v) is 8.51. The zero-order chi connectivity index (χ0) is 31.3. The lowest BCUT2D eigenvalue weighted by Gasteiger charge is -2.31. The second kappa shape index (κ2) is 13.5. The molecule has 0 aliphatic heterocycles. The lowest BCUT2D eigenvalue weighted by Crippen LogP contribution is -2.35. The smallest absolute Gasteiger partial charge is 0.253 e. The van der Waals surface area contributed by atoms with E-state index in [4.69, 9.17) is 16.3 Å². The molecule has 9 heteroatoms. The Morgan fingerprint density at radius 2 is 1.67 bits per heavy atom. The predicted molar refractivity (Wildman–Crippen MR) is 178 cm³/mol. The first-order valence-electron chi connectivity index (χ1n) is 14.9. The zero-order valence-electron chi connectivity index (χ0n) is 25.6. The minimum absolute atomic E-state index is 0.186. The molecule has 2 heterocycles. The minimum Gasteiger partial charge on any atom is -0.497 e. The molecule has 6 aromatic rings. The molecule has 0 bridgehead atoms. The Morgan fingerprint density at radius 1 is 0.911 bits per heavy atom. The van der Waals surface area contributed by atoms with Crippen molar-refractivity contribution in [1.29, 1.82) is 0 Å². The van der Waals surface area contributed by atoms with Gasteiger partial charge < -0.3 is 9.72 Å². The van der Waals surface area contributed by atoms with Crippen LogP contribution < -0.4 is 10.3 Å². The van der Waals surface area contributed by atoms with E-state index in [0.717, 1.165) is 45.3 Å². The number of nitrogens with zero attached hydrogens (tertiary/aromatic N) is 5. The van der Waals surface area contributed by atoms with E-state index in [1.54, 1.807) is 7.11 Å². The highest BCUT2D eigenvalue weighted by atomic mass is 35.5. The van der Waals surface area contributed by atoms with Gasteiger partial charge in [0, 0.05) is 41.1 Å². The van der Waals surface area contributed by atoms with E-state index in [1.807, 2.05) is 90.5 Å². The Labute approximate surface area is 267 Å². The summed E-state index contributed by atoms with van der Waals surface area (Å²) in [5, 5.41) is 14.7. The molecule has 0 spiro atoms. The SMILES string of the molecule is COc1ccc(CN(Cc2ccccc2Cl)[C@H](c2cc3c(C)cc(C)cc3[nH]c2=O)c2nnnn2CCc2ccccc2)cc1. The summed E-state index contributed by atoms with van der Waals surface area (Å²) in [5.41, 5.74) is 6.50. The largest absolute Gasteiger partial charge is 0.497 e. The van der Waals surface area contributed by atoms with Crippen molar-refractivity contribution < 1.29 is 4.74 Å². The number of fused-ring (bicyclic) bond motifs is 1. The number of hydrogen-bond acceptors (Lipinski definition) is 6. The fourth-order valence-corrected chi connectivity index (χ4v) is 6.08. The quantitative estimate of drug-likeness (QED) is 0.171. The highest BCUT2D eigenvalue weighted by molar-refractivity contribution is 6.31. The predicted octanol–water partition coefficient (Wildman–Crippen LogP) is 6.83. The summed E-state index contributed by atoms with van der Waals surface area (Å²) in [5.74, 6) is 1.36. The number of aryl methyl sites for hydroxylation is 4. The summed E-state index contributed by atoms with van der Waals surface area (Å²) >= 11 is 6.72. The molecule has 1 N–H and O–H groups in total.